The predicted molar refractivity (Wildman–Crippen MR) is 109 cm³/mol. The van der Waals surface area contributed by atoms with Gasteiger partial charge in [-0.2, -0.15) is 5.10 Å². The molecule has 6 nitrogen and oxygen atoms in total. The van der Waals surface area contributed by atoms with E-state index in [4.69, 9.17) is 4.74 Å². The molecule has 7 heteroatoms. The third-order valence-corrected chi connectivity index (χ3v) is 4.78. The Hall–Kier alpha value is -3.74. The number of rotatable bonds is 4. The fourth-order valence-electron chi connectivity index (χ4n) is 3.25. The first kappa shape index (κ1) is 18.6. The molecule has 2 heterocycles. The second kappa shape index (κ2) is 7.35. The number of nitrogens with one attached hydrogen (secondary N) is 1. The van der Waals surface area contributed by atoms with E-state index in [1.54, 1.807) is 48.0 Å². The number of hydrogen-bond acceptors (Lipinski definition) is 4. The molecule has 0 atom stereocenters. The number of methoxy groups -OCH3 is 1. The van der Waals surface area contributed by atoms with Crippen LogP contribution in [0.4, 0.5) is 10.1 Å². The number of fused-ring (bicyclic) bond motifs is 1. The Balaban J connectivity index is 1.70. The van der Waals surface area contributed by atoms with Crippen molar-refractivity contribution in [3.8, 4) is 16.9 Å². The Morgan fingerprint density at radius 1 is 1.07 bits per heavy atom. The van der Waals surface area contributed by atoms with Crippen LogP contribution in [0.25, 0.3) is 16.8 Å². The van der Waals surface area contributed by atoms with E-state index >= 15 is 0 Å². The van der Waals surface area contributed by atoms with Crippen LogP contribution in [-0.4, -0.2) is 27.6 Å². The largest absolute Gasteiger partial charge is 0.497 e. The van der Waals surface area contributed by atoms with Crippen LogP contribution in [0.3, 0.4) is 0 Å². The van der Waals surface area contributed by atoms with Gasteiger partial charge in [-0.3, -0.25) is 4.79 Å². The molecule has 29 heavy (non-hydrogen) atoms. The summed E-state index contributed by atoms with van der Waals surface area (Å²) in [5, 5.41) is 7.41. The maximum atomic E-state index is 13.3. The summed E-state index contributed by atoms with van der Waals surface area (Å²) in [4.78, 5) is 17.2. The summed E-state index contributed by atoms with van der Waals surface area (Å²) in [5.41, 5.74) is 4.74. The number of ether oxygens (including phenoxy) is 1. The number of aryl methyl sites for hydroxylation is 2. The highest BCUT2D eigenvalue weighted by atomic mass is 19.1. The van der Waals surface area contributed by atoms with E-state index in [2.05, 4.69) is 15.4 Å². The first-order chi connectivity index (χ1) is 14.0. The summed E-state index contributed by atoms with van der Waals surface area (Å²) in [6.45, 7) is 3.68. The fraction of sp³-hybridized carbons (Fsp3) is 0.136. The van der Waals surface area contributed by atoms with Crippen LogP contribution in [0.1, 0.15) is 21.7 Å². The Morgan fingerprint density at radius 2 is 1.76 bits per heavy atom. The quantitative estimate of drug-likeness (QED) is 0.560. The van der Waals surface area contributed by atoms with Crippen molar-refractivity contribution in [1.82, 2.24) is 14.6 Å². The molecule has 4 aromatic rings. The second-order valence-electron chi connectivity index (χ2n) is 6.64. The van der Waals surface area contributed by atoms with Crippen molar-refractivity contribution in [2.75, 3.05) is 12.4 Å². The summed E-state index contributed by atoms with van der Waals surface area (Å²) < 4.78 is 20.1. The van der Waals surface area contributed by atoms with Crippen LogP contribution in [0, 0.1) is 19.7 Å². The van der Waals surface area contributed by atoms with Gasteiger partial charge in [0.25, 0.3) is 5.91 Å². The van der Waals surface area contributed by atoms with Crippen molar-refractivity contribution < 1.29 is 13.9 Å². The van der Waals surface area contributed by atoms with Gasteiger partial charge in [0.1, 0.15) is 11.6 Å². The summed E-state index contributed by atoms with van der Waals surface area (Å²) in [6.07, 6.45) is 1.54. The minimum atomic E-state index is -0.301. The van der Waals surface area contributed by atoms with Gasteiger partial charge in [-0.1, -0.05) is 12.1 Å². The van der Waals surface area contributed by atoms with E-state index in [-0.39, 0.29) is 11.7 Å². The number of carbonyl (C=O) groups excluding carboxylic acids is 1. The number of hydrogen-bond donors (Lipinski definition) is 1. The van der Waals surface area contributed by atoms with E-state index in [9.17, 15) is 9.18 Å². The van der Waals surface area contributed by atoms with Crippen molar-refractivity contribution in [2.45, 2.75) is 13.8 Å². The minimum Gasteiger partial charge on any atom is -0.497 e. The lowest BCUT2D eigenvalue weighted by Gasteiger charge is -2.09. The Bertz CT molecular complexity index is 1200. The van der Waals surface area contributed by atoms with Crippen LogP contribution in [0.2, 0.25) is 0 Å². The molecule has 0 spiro atoms. The first-order valence-electron chi connectivity index (χ1n) is 9.04. The molecule has 0 aliphatic carbocycles. The number of amides is 1. The van der Waals surface area contributed by atoms with Crippen LogP contribution in [0.15, 0.2) is 54.7 Å². The Morgan fingerprint density at radius 3 is 2.41 bits per heavy atom. The van der Waals surface area contributed by atoms with E-state index in [1.165, 1.54) is 18.3 Å². The van der Waals surface area contributed by atoms with Gasteiger partial charge in [0.15, 0.2) is 5.65 Å². The topological polar surface area (TPSA) is 68.5 Å². The lowest BCUT2D eigenvalue weighted by Crippen LogP contribution is -2.16. The van der Waals surface area contributed by atoms with Crippen molar-refractivity contribution in [3.63, 3.8) is 0 Å². The molecule has 0 bridgehead atoms. The zero-order valence-corrected chi connectivity index (χ0v) is 16.2. The molecule has 1 amide bonds. The molecule has 1 N–H and O–H groups in total. The molecule has 0 aliphatic heterocycles. The van der Waals surface area contributed by atoms with Gasteiger partial charge in [-0.25, -0.2) is 13.9 Å². The second-order valence-corrected chi connectivity index (χ2v) is 6.64. The fourth-order valence-corrected chi connectivity index (χ4v) is 3.25. The molecule has 146 valence electrons. The van der Waals surface area contributed by atoms with Gasteiger partial charge < -0.3 is 10.1 Å². The van der Waals surface area contributed by atoms with Crippen LogP contribution < -0.4 is 10.1 Å². The third kappa shape index (κ3) is 3.42. The van der Waals surface area contributed by atoms with Crippen LogP contribution in [-0.2, 0) is 0 Å². The van der Waals surface area contributed by atoms with Gasteiger partial charge in [0.2, 0.25) is 0 Å². The molecule has 0 fully saturated rings. The highest BCUT2D eigenvalue weighted by Crippen LogP contribution is 2.28. The summed E-state index contributed by atoms with van der Waals surface area (Å²) in [6, 6.07) is 13.3. The predicted octanol–water partition coefficient (Wildman–Crippen LogP) is 4.41. The number of carbonyl (C=O) groups is 1. The molecule has 2 aromatic carbocycles. The number of anilines is 1. The highest BCUT2D eigenvalue weighted by Gasteiger charge is 2.19. The maximum Gasteiger partial charge on any atom is 0.259 e. The van der Waals surface area contributed by atoms with E-state index in [0.717, 1.165) is 16.8 Å². The van der Waals surface area contributed by atoms with Gasteiger partial charge in [-0.05, 0) is 55.8 Å². The molecule has 0 radical (unpaired) electrons. The molecule has 0 unspecified atom stereocenters. The van der Waals surface area contributed by atoms with Gasteiger partial charge in [0, 0.05) is 17.4 Å². The zero-order chi connectivity index (χ0) is 20.5. The highest BCUT2D eigenvalue weighted by molar-refractivity contribution is 6.05. The Kier molecular flexibility index (Phi) is 4.72. The SMILES string of the molecule is COc1ccc(NC(=O)c2cnc3c(-c4ccc(F)cc4)c(C)nn3c2C)cc1. The van der Waals surface area contributed by atoms with E-state index in [1.807, 2.05) is 13.8 Å². The Labute approximate surface area is 167 Å². The molecular weight excluding hydrogens is 371 g/mol. The average molecular weight is 390 g/mol. The summed E-state index contributed by atoms with van der Waals surface area (Å²) >= 11 is 0. The van der Waals surface area contributed by atoms with Gasteiger partial charge >= 0.3 is 0 Å². The molecule has 0 saturated heterocycles. The monoisotopic (exact) mass is 390 g/mol. The number of nitrogens with zero attached hydrogens (tertiary/aromatic N) is 3. The van der Waals surface area contributed by atoms with Gasteiger partial charge in [0.05, 0.1) is 24.1 Å². The van der Waals surface area contributed by atoms with Crippen molar-refractivity contribution in [2.24, 2.45) is 0 Å². The van der Waals surface area contributed by atoms with Crippen molar-refractivity contribution in [3.05, 3.63) is 77.5 Å². The zero-order valence-electron chi connectivity index (χ0n) is 16.2. The lowest BCUT2D eigenvalue weighted by molar-refractivity contribution is 0.102. The van der Waals surface area contributed by atoms with Crippen LogP contribution in [0.5, 0.6) is 5.75 Å². The van der Waals surface area contributed by atoms with E-state index in [0.29, 0.717) is 28.3 Å². The number of halogens is 1. The molecule has 2 aromatic heterocycles. The standard InChI is InChI=1S/C22H19FN4O2/c1-13-20(15-4-6-16(23)7-5-15)21-24-12-19(14(2)27(21)26-13)22(28)25-17-8-10-18(29-3)11-9-17/h4-12H,1-3H3,(H,25,28). The summed E-state index contributed by atoms with van der Waals surface area (Å²) in [7, 11) is 1.59. The average Bonchev–Trinajstić information content (AvgIpc) is 3.06. The normalized spacial score (nSPS) is 10.9. The lowest BCUT2D eigenvalue weighted by atomic mass is 10.1. The molecule has 4 rings (SSSR count). The van der Waals surface area contributed by atoms with Crippen LogP contribution >= 0.6 is 0 Å². The molecule has 0 aliphatic rings. The smallest absolute Gasteiger partial charge is 0.259 e. The molecule has 0 saturated carbocycles. The number of aromatic nitrogens is 3. The first-order valence-corrected chi connectivity index (χ1v) is 9.04. The minimum absolute atomic E-state index is 0.279. The van der Waals surface area contributed by atoms with E-state index < -0.39 is 0 Å². The van der Waals surface area contributed by atoms with Gasteiger partial charge in [-0.15, -0.1) is 0 Å². The summed E-state index contributed by atoms with van der Waals surface area (Å²) in [5.74, 6) is 0.130. The maximum absolute atomic E-state index is 13.3. The molecular formula is C22H19FN4O2. The number of benzene rings is 2. The van der Waals surface area contributed by atoms with Crippen molar-refractivity contribution in [1.29, 1.82) is 0 Å². The van der Waals surface area contributed by atoms with Crippen molar-refractivity contribution >= 4 is 17.2 Å². The third-order valence-electron chi connectivity index (χ3n) is 4.78.